The fraction of sp³-hybridized carbons (Fsp3) is 0.500. The maximum absolute atomic E-state index is 12.2. The average molecular weight is 306 g/mol. The summed E-state index contributed by atoms with van der Waals surface area (Å²) in [5.74, 6) is 1.33. The molecule has 1 aromatic rings. The second-order valence-electron chi connectivity index (χ2n) is 5.08. The van der Waals surface area contributed by atoms with Crippen LogP contribution in [0.25, 0.3) is 0 Å². The highest BCUT2D eigenvalue weighted by Gasteiger charge is 2.31. The van der Waals surface area contributed by atoms with Gasteiger partial charge in [-0.05, 0) is 30.7 Å². The Labute approximate surface area is 130 Å². The van der Waals surface area contributed by atoms with Crippen molar-refractivity contribution in [2.75, 3.05) is 26.8 Å². The minimum Gasteiger partial charge on any atom is -0.497 e. The number of amides is 2. The van der Waals surface area contributed by atoms with Crippen LogP contribution in [0.15, 0.2) is 24.3 Å². The van der Waals surface area contributed by atoms with Gasteiger partial charge in [0.2, 0.25) is 11.8 Å². The van der Waals surface area contributed by atoms with Gasteiger partial charge in [0.25, 0.3) is 0 Å². The van der Waals surface area contributed by atoms with Gasteiger partial charge < -0.3 is 19.7 Å². The molecule has 22 heavy (non-hydrogen) atoms. The van der Waals surface area contributed by atoms with Gasteiger partial charge in [0.05, 0.1) is 20.1 Å². The van der Waals surface area contributed by atoms with Gasteiger partial charge in [0.1, 0.15) is 17.5 Å². The van der Waals surface area contributed by atoms with Crippen molar-refractivity contribution in [3.05, 3.63) is 24.3 Å². The van der Waals surface area contributed by atoms with E-state index in [2.05, 4.69) is 5.32 Å². The first-order valence-electron chi connectivity index (χ1n) is 7.49. The molecule has 6 heteroatoms. The molecule has 120 valence electrons. The summed E-state index contributed by atoms with van der Waals surface area (Å²) in [6, 6.07) is 6.85. The molecule has 1 aliphatic rings. The smallest absolute Gasteiger partial charge is 0.242 e. The maximum Gasteiger partial charge on any atom is 0.242 e. The van der Waals surface area contributed by atoms with Crippen molar-refractivity contribution in [1.29, 1.82) is 0 Å². The maximum atomic E-state index is 12.2. The third kappa shape index (κ3) is 3.90. The second-order valence-corrected chi connectivity index (χ2v) is 5.08. The third-order valence-electron chi connectivity index (χ3n) is 3.68. The minimum absolute atomic E-state index is 0.0461. The molecule has 0 aliphatic carbocycles. The highest BCUT2D eigenvalue weighted by molar-refractivity contribution is 5.88. The van der Waals surface area contributed by atoms with Crippen molar-refractivity contribution in [1.82, 2.24) is 10.2 Å². The summed E-state index contributed by atoms with van der Waals surface area (Å²) < 4.78 is 10.6. The van der Waals surface area contributed by atoms with E-state index in [-0.39, 0.29) is 24.3 Å². The number of hydrogen-bond donors (Lipinski definition) is 1. The number of ether oxygens (including phenoxy) is 2. The number of methoxy groups -OCH3 is 1. The van der Waals surface area contributed by atoms with Gasteiger partial charge >= 0.3 is 0 Å². The fourth-order valence-electron chi connectivity index (χ4n) is 2.49. The summed E-state index contributed by atoms with van der Waals surface area (Å²) in [5.41, 5.74) is 0. The van der Waals surface area contributed by atoms with E-state index in [1.54, 1.807) is 36.3 Å². The van der Waals surface area contributed by atoms with Crippen molar-refractivity contribution in [3.63, 3.8) is 0 Å². The number of hydrogen-bond acceptors (Lipinski definition) is 4. The van der Waals surface area contributed by atoms with E-state index in [1.165, 1.54) is 0 Å². The lowest BCUT2D eigenvalue weighted by Gasteiger charge is -2.34. The molecule has 0 aromatic heterocycles. The molecule has 1 atom stereocenters. The van der Waals surface area contributed by atoms with Gasteiger partial charge in [0, 0.05) is 13.1 Å². The molecular weight excluding hydrogens is 284 g/mol. The molecule has 1 N–H and O–H groups in total. The molecule has 1 aliphatic heterocycles. The summed E-state index contributed by atoms with van der Waals surface area (Å²) in [7, 11) is 1.60. The minimum atomic E-state index is -0.359. The zero-order valence-electron chi connectivity index (χ0n) is 13.0. The van der Waals surface area contributed by atoms with Crippen LogP contribution >= 0.6 is 0 Å². The van der Waals surface area contributed by atoms with Gasteiger partial charge in [-0.3, -0.25) is 9.59 Å². The lowest BCUT2D eigenvalue weighted by Crippen LogP contribution is -2.57. The number of nitrogens with one attached hydrogen (secondary N) is 1. The van der Waals surface area contributed by atoms with Crippen LogP contribution in [0.3, 0.4) is 0 Å². The van der Waals surface area contributed by atoms with Crippen molar-refractivity contribution in [2.24, 2.45) is 0 Å². The molecule has 0 saturated carbocycles. The Morgan fingerprint density at radius 1 is 1.32 bits per heavy atom. The summed E-state index contributed by atoms with van der Waals surface area (Å²) in [6.07, 6.45) is 0.882. The Balaban J connectivity index is 1.82. The van der Waals surface area contributed by atoms with E-state index in [0.29, 0.717) is 31.9 Å². The number of piperazine rings is 1. The van der Waals surface area contributed by atoms with Crippen LogP contribution in [-0.4, -0.2) is 49.6 Å². The zero-order chi connectivity index (χ0) is 15.9. The Morgan fingerprint density at radius 2 is 2.00 bits per heavy atom. The van der Waals surface area contributed by atoms with E-state index in [9.17, 15) is 9.59 Å². The third-order valence-corrected chi connectivity index (χ3v) is 3.68. The van der Waals surface area contributed by atoms with Crippen molar-refractivity contribution < 1.29 is 19.1 Å². The SMILES string of the molecule is CC[C@@H]1C(=O)NCCN1C(=O)CCOc1ccc(OC)cc1. The molecule has 1 aromatic carbocycles. The lowest BCUT2D eigenvalue weighted by atomic mass is 10.1. The molecule has 2 amide bonds. The first kappa shape index (κ1) is 16.1. The normalized spacial score (nSPS) is 17.8. The first-order chi connectivity index (χ1) is 10.7. The van der Waals surface area contributed by atoms with Gasteiger partial charge in [0.15, 0.2) is 0 Å². The van der Waals surface area contributed by atoms with Crippen LogP contribution in [0, 0.1) is 0 Å². The fourth-order valence-corrected chi connectivity index (χ4v) is 2.49. The van der Waals surface area contributed by atoms with Crippen LogP contribution in [-0.2, 0) is 9.59 Å². The summed E-state index contributed by atoms with van der Waals surface area (Å²) in [4.78, 5) is 25.6. The zero-order valence-corrected chi connectivity index (χ0v) is 13.0. The van der Waals surface area contributed by atoms with E-state index in [0.717, 1.165) is 5.75 Å². The molecule has 0 bridgehead atoms. The van der Waals surface area contributed by atoms with E-state index < -0.39 is 0 Å². The van der Waals surface area contributed by atoms with E-state index >= 15 is 0 Å². The van der Waals surface area contributed by atoms with Crippen LogP contribution < -0.4 is 14.8 Å². The monoisotopic (exact) mass is 306 g/mol. The highest BCUT2D eigenvalue weighted by atomic mass is 16.5. The van der Waals surface area contributed by atoms with Gasteiger partial charge in [-0.2, -0.15) is 0 Å². The summed E-state index contributed by atoms with van der Waals surface area (Å²) in [5, 5.41) is 2.78. The molecule has 2 rings (SSSR count). The van der Waals surface area contributed by atoms with Crippen molar-refractivity contribution in [2.45, 2.75) is 25.8 Å². The Morgan fingerprint density at radius 3 is 2.64 bits per heavy atom. The quantitative estimate of drug-likeness (QED) is 0.857. The topological polar surface area (TPSA) is 67.9 Å². The standard InChI is InChI=1S/C16H22N2O4/c1-3-14-16(20)17-9-10-18(14)15(19)8-11-22-13-6-4-12(21-2)5-7-13/h4-7,14H,3,8-11H2,1-2H3,(H,17,20)/t14-/m1/s1. The molecule has 1 heterocycles. The number of benzene rings is 1. The molecule has 0 unspecified atom stereocenters. The largest absolute Gasteiger partial charge is 0.497 e. The van der Waals surface area contributed by atoms with Crippen LogP contribution in [0.2, 0.25) is 0 Å². The van der Waals surface area contributed by atoms with Crippen molar-refractivity contribution in [3.8, 4) is 11.5 Å². The predicted molar refractivity (Wildman–Crippen MR) is 81.9 cm³/mol. The summed E-state index contributed by atoms with van der Waals surface area (Å²) in [6.45, 7) is 3.27. The van der Waals surface area contributed by atoms with Gasteiger partial charge in [-0.15, -0.1) is 0 Å². The van der Waals surface area contributed by atoms with Gasteiger partial charge in [-0.1, -0.05) is 6.92 Å². The first-order valence-corrected chi connectivity index (χ1v) is 7.49. The van der Waals surface area contributed by atoms with E-state index in [1.807, 2.05) is 6.92 Å². The van der Waals surface area contributed by atoms with E-state index in [4.69, 9.17) is 9.47 Å². The predicted octanol–water partition coefficient (Wildman–Crippen LogP) is 1.20. The van der Waals surface area contributed by atoms with Crippen LogP contribution in [0.1, 0.15) is 19.8 Å². The number of rotatable bonds is 6. The Kier molecular flexibility index (Phi) is 5.63. The molecule has 0 spiro atoms. The molecule has 6 nitrogen and oxygen atoms in total. The number of nitrogens with zero attached hydrogens (tertiary/aromatic N) is 1. The Hall–Kier alpha value is -2.24. The summed E-state index contributed by atoms with van der Waals surface area (Å²) >= 11 is 0. The Bertz CT molecular complexity index is 515. The number of carbonyl (C=O) groups excluding carboxylic acids is 2. The molecule has 0 radical (unpaired) electrons. The van der Waals surface area contributed by atoms with Crippen molar-refractivity contribution >= 4 is 11.8 Å². The molecule has 1 fully saturated rings. The van der Waals surface area contributed by atoms with Crippen LogP contribution in [0.5, 0.6) is 11.5 Å². The van der Waals surface area contributed by atoms with Crippen LogP contribution in [0.4, 0.5) is 0 Å². The molecular formula is C16H22N2O4. The number of carbonyl (C=O) groups is 2. The van der Waals surface area contributed by atoms with Gasteiger partial charge in [-0.25, -0.2) is 0 Å². The second kappa shape index (κ2) is 7.68. The molecule has 1 saturated heterocycles. The lowest BCUT2D eigenvalue weighted by molar-refractivity contribution is -0.143. The average Bonchev–Trinajstić information content (AvgIpc) is 2.55. The highest BCUT2D eigenvalue weighted by Crippen LogP contribution is 2.17.